The predicted octanol–water partition coefficient (Wildman–Crippen LogP) is 3.51. The number of carboxylic acids is 1. The number of rotatable bonds is 9. The zero-order chi connectivity index (χ0) is 22.1. The topological polar surface area (TPSA) is 105 Å². The number of aliphatic carboxylic acids is 1. The summed E-state index contributed by atoms with van der Waals surface area (Å²) >= 11 is 3.38. The van der Waals surface area contributed by atoms with Crippen molar-refractivity contribution in [2.24, 2.45) is 5.92 Å². The first-order chi connectivity index (χ1) is 14.3. The van der Waals surface area contributed by atoms with Gasteiger partial charge < -0.3 is 20.5 Å². The minimum absolute atomic E-state index is 0.0683. The largest absolute Gasteiger partial charge is 0.480 e. The van der Waals surface area contributed by atoms with Crippen molar-refractivity contribution in [3.8, 4) is 0 Å². The number of halogens is 1. The molecule has 0 spiro atoms. The predicted molar refractivity (Wildman–Crippen MR) is 116 cm³/mol. The van der Waals surface area contributed by atoms with E-state index in [1.165, 1.54) is 0 Å². The van der Waals surface area contributed by atoms with Gasteiger partial charge in [0.05, 0.1) is 0 Å². The number of nitrogens with one attached hydrogen (secondary N) is 2. The van der Waals surface area contributed by atoms with Crippen LogP contribution in [0, 0.1) is 5.92 Å². The summed E-state index contributed by atoms with van der Waals surface area (Å²) < 4.78 is 5.93. The average Bonchev–Trinajstić information content (AvgIpc) is 2.71. The number of alkyl carbamates (subject to hydrolysis) is 1. The van der Waals surface area contributed by atoms with E-state index >= 15 is 0 Å². The highest BCUT2D eigenvalue weighted by molar-refractivity contribution is 9.10. The third kappa shape index (κ3) is 7.18. The van der Waals surface area contributed by atoms with Crippen molar-refractivity contribution in [1.29, 1.82) is 0 Å². The Bertz CT molecular complexity index is 873. The fourth-order valence-corrected chi connectivity index (χ4v) is 3.22. The van der Waals surface area contributed by atoms with Gasteiger partial charge >= 0.3 is 12.1 Å². The van der Waals surface area contributed by atoms with Gasteiger partial charge in [0, 0.05) is 10.9 Å². The number of carbonyl (C=O) groups excluding carboxylic acids is 2. The lowest BCUT2D eigenvalue weighted by Crippen LogP contribution is -2.54. The molecule has 2 amide bonds. The molecule has 2 aromatic carbocycles. The Balaban J connectivity index is 1.99. The minimum Gasteiger partial charge on any atom is -0.480 e. The van der Waals surface area contributed by atoms with Gasteiger partial charge in [0.15, 0.2) is 0 Å². The summed E-state index contributed by atoms with van der Waals surface area (Å²) in [6.45, 7) is 3.58. The highest BCUT2D eigenvalue weighted by Crippen LogP contribution is 2.18. The van der Waals surface area contributed by atoms with E-state index in [1.807, 2.05) is 36.4 Å². The molecular formula is C22H25BrN2O5. The van der Waals surface area contributed by atoms with Gasteiger partial charge in [0.1, 0.15) is 18.7 Å². The van der Waals surface area contributed by atoms with Crippen LogP contribution in [0.15, 0.2) is 59.1 Å². The van der Waals surface area contributed by atoms with Crippen LogP contribution in [-0.4, -0.2) is 35.2 Å². The molecule has 2 atom stereocenters. The third-order valence-electron chi connectivity index (χ3n) is 4.43. The van der Waals surface area contributed by atoms with Crippen LogP contribution in [0.1, 0.15) is 25.0 Å². The second-order valence-corrected chi connectivity index (χ2v) is 7.98. The molecule has 0 saturated heterocycles. The van der Waals surface area contributed by atoms with Crippen molar-refractivity contribution in [2.75, 3.05) is 0 Å². The van der Waals surface area contributed by atoms with E-state index in [9.17, 15) is 19.5 Å². The Morgan fingerprint density at radius 2 is 1.63 bits per heavy atom. The second-order valence-electron chi connectivity index (χ2n) is 7.12. The molecule has 0 unspecified atom stereocenters. The Morgan fingerprint density at radius 3 is 2.23 bits per heavy atom. The standard InChI is InChI=1S/C22H25BrN2O5/c1-14(2)19(25-22(29)30-13-15-8-4-3-5-9-15)20(26)24-18(21(27)28)12-16-10-6-7-11-17(16)23/h3-11,14,18-19H,12-13H2,1-2H3,(H,24,26)(H,25,29)(H,27,28)/t18-,19-/m1/s1. The van der Waals surface area contributed by atoms with Crippen LogP contribution < -0.4 is 10.6 Å². The van der Waals surface area contributed by atoms with Crippen LogP contribution in [-0.2, 0) is 27.4 Å². The maximum Gasteiger partial charge on any atom is 0.408 e. The molecule has 8 heteroatoms. The highest BCUT2D eigenvalue weighted by Gasteiger charge is 2.29. The van der Waals surface area contributed by atoms with Crippen molar-refractivity contribution >= 4 is 33.9 Å². The summed E-state index contributed by atoms with van der Waals surface area (Å²) in [5.74, 6) is -2.01. The Kier molecular flexibility index (Phi) is 8.86. The van der Waals surface area contributed by atoms with Gasteiger partial charge in [-0.15, -0.1) is 0 Å². The number of amides is 2. The van der Waals surface area contributed by atoms with Crippen molar-refractivity contribution < 1.29 is 24.2 Å². The number of ether oxygens (including phenoxy) is 1. The van der Waals surface area contributed by atoms with Crippen LogP contribution >= 0.6 is 15.9 Å². The van der Waals surface area contributed by atoms with Crippen LogP contribution in [0.3, 0.4) is 0 Å². The highest BCUT2D eigenvalue weighted by atomic mass is 79.9. The quantitative estimate of drug-likeness (QED) is 0.513. The lowest BCUT2D eigenvalue weighted by molar-refractivity contribution is -0.142. The molecule has 7 nitrogen and oxygen atoms in total. The number of benzene rings is 2. The molecule has 2 rings (SSSR count). The van der Waals surface area contributed by atoms with Crippen LogP contribution in [0.25, 0.3) is 0 Å². The Morgan fingerprint density at radius 1 is 1.00 bits per heavy atom. The molecule has 0 aliphatic carbocycles. The van der Waals surface area contributed by atoms with E-state index in [1.54, 1.807) is 32.0 Å². The molecule has 30 heavy (non-hydrogen) atoms. The van der Waals surface area contributed by atoms with Gasteiger partial charge in [-0.05, 0) is 23.1 Å². The van der Waals surface area contributed by atoms with Crippen LogP contribution in [0.4, 0.5) is 4.79 Å². The van der Waals surface area contributed by atoms with Crippen molar-refractivity contribution in [1.82, 2.24) is 10.6 Å². The van der Waals surface area contributed by atoms with Gasteiger partial charge in [0.2, 0.25) is 5.91 Å². The molecule has 160 valence electrons. The molecule has 3 N–H and O–H groups in total. The first-order valence-corrected chi connectivity index (χ1v) is 10.3. The molecule has 0 fully saturated rings. The fourth-order valence-electron chi connectivity index (χ4n) is 2.77. The zero-order valence-electron chi connectivity index (χ0n) is 16.8. The summed E-state index contributed by atoms with van der Waals surface area (Å²) in [5.41, 5.74) is 1.57. The van der Waals surface area contributed by atoms with Crippen molar-refractivity contribution in [3.63, 3.8) is 0 Å². The average molecular weight is 477 g/mol. The smallest absolute Gasteiger partial charge is 0.408 e. The number of hydrogen-bond donors (Lipinski definition) is 3. The van der Waals surface area contributed by atoms with Crippen LogP contribution in [0.2, 0.25) is 0 Å². The fraction of sp³-hybridized carbons (Fsp3) is 0.318. The maximum absolute atomic E-state index is 12.7. The first-order valence-electron chi connectivity index (χ1n) is 9.51. The number of carboxylic acid groups (broad SMARTS) is 1. The van der Waals surface area contributed by atoms with Gasteiger partial charge in [-0.2, -0.15) is 0 Å². The van der Waals surface area contributed by atoms with Crippen molar-refractivity contribution in [3.05, 3.63) is 70.2 Å². The SMILES string of the molecule is CC(C)[C@@H](NC(=O)OCc1ccccc1)C(=O)N[C@H](Cc1ccccc1Br)C(=O)O. The van der Waals surface area contributed by atoms with E-state index < -0.39 is 30.1 Å². The van der Waals surface area contributed by atoms with E-state index in [-0.39, 0.29) is 18.9 Å². The number of hydrogen-bond acceptors (Lipinski definition) is 4. The monoisotopic (exact) mass is 476 g/mol. The zero-order valence-corrected chi connectivity index (χ0v) is 18.4. The van der Waals surface area contributed by atoms with Gasteiger partial charge in [0.25, 0.3) is 0 Å². The summed E-state index contributed by atoms with van der Waals surface area (Å²) in [6, 6.07) is 14.3. The maximum atomic E-state index is 12.7. The van der Waals surface area contributed by atoms with E-state index in [0.717, 1.165) is 15.6 Å². The normalized spacial score (nSPS) is 12.7. The summed E-state index contributed by atoms with van der Waals surface area (Å²) in [6.07, 6.45) is -0.642. The summed E-state index contributed by atoms with van der Waals surface area (Å²) in [7, 11) is 0. The van der Waals surface area contributed by atoms with Crippen molar-refractivity contribution in [2.45, 2.75) is 39.0 Å². The molecule has 0 saturated carbocycles. The third-order valence-corrected chi connectivity index (χ3v) is 5.21. The molecule has 0 aliphatic heterocycles. The molecule has 0 aliphatic rings. The minimum atomic E-state index is -1.16. The van der Waals surface area contributed by atoms with Crippen LogP contribution in [0.5, 0.6) is 0 Å². The first kappa shape index (κ1) is 23.4. The molecule has 0 aromatic heterocycles. The van der Waals surface area contributed by atoms with Gasteiger partial charge in [-0.25, -0.2) is 9.59 Å². The molecular weight excluding hydrogens is 452 g/mol. The number of carbonyl (C=O) groups is 3. The molecule has 0 bridgehead atoms. The van der Waals surface area contributed by atoms with Gasteiger partial charge in [-0.1, -0.05) is 78.3 Å². The van der Waals surface area contributed by atoms with E-state index in [2.05, 4.69) is 26.6 Å². The molecule has 0 radical (unpaired) electrons. The molecule has 2 aromatic rings. The Labute approximate surface area is 183 Å². The second kappa shape index (κ2) is 11.3. The lowest BCUT2D eigenvalue weighted by Gasteiger charge is -2.24. The van der Waals surface area contributed by atoms with E-state index in [0.29, 0.717) is 0 Å². The molecule has 0 heterocycles. The Hall–Kier alpha value is -2.87. The van der Waals surface area contributed by atoms with Gasteiger partial charge in [-0.3, -0.25) is 4.79 Å². The van der Waals surface area contributed by atoms with E-state index in [4.69, 9.17) is 4.74 Å². The summed E-state index contributed by atoms with van der Waals surface area (Å²) in [4.78, 5) is 36.6. The summed E-state index contributed by atoms with van der Waals surface area (Å²) in [5, 5.41) is 14.6. The lowest BCUT2D eigenvalue weighted by atomic mass is 10.0.